The van der Waals surface area contributed by atoms with Gasteiger partial charge in [-0.1, -0.05) is 36.8 Å². The Morgan fingerprint density at radius 1 is 1.35 bits per heavy atom. The van der Waals surface area contributed by atoms with Gasteiger partial charge in [-0.15, -0.1) is 0 Å². The van der Waals surface area contributed by atoms with Crippen molar-refractivity contribution >= 4 is 11.6 Å². The average Bonchev–Trinajstić information content (AvgIpc) is 3.18. The molecule has 1 aromatic carbocycles. The van der Waals surface area contributed by atoms with Crippen molar-refractivity contribution in [1.82, 2.24) is 9.91 Å². The average molecular weight is 315 g/mol. The fourth-order valence-corrected chi connectivity index (χ4v) is 3.48. The van der Waals surface area contributed by atoms with E-state index in [4.69, 9.17) is 0 Å². The summed E-state index contributed by atoms with van der Waals surface area (Å²) in [5.74, 6) is 0.334. The Morgan fingerprint density at radius 3 is 2.83 bits per heavy atom. The molecule has 0 aromatic heterocycles. The van der Waals surface area contributed by atoms with E-state index in [-0.39, 0.29) is 12.0 Å². The topological polar surface area (TPSA) is 56.1 Å². The second kappa shape index (κ2) is 7.23. The molecule has 0 bridgehead atoms. The van der Waals surface area contributed by atoms with E-state index in [1.54, 1.807) is 5.01 Å². The van der Waals surface area contributed by atoms with E-state index in [1.165, 1.54) is 0 Å². The van der Waals surface area contributed by atoms with Crippen molar-refractivity contribution in [2.75, 3.05) is 26.7 Å². The molecule has 1 heterocycles. The van der Waals surface area contributed by atoms with Gasteiger partial charge in [0.1, 0.15) is 0 Å². The van der Waals surface area contributed by atoms with Gasteiger partial charge >= 0.3 is 0 Å². The first-order valence-corrected chi connectivity index (χ1v) is 8.43. The molecule has 1 aliphatic heterocycles. The summed E-state index contributed by atoms with van der Waals surface area (Å²) in [6, 6.07) is 10.0. The van der Waals surface area contributed by atoms with E-state index in [9.17, 15) is 9.90 Å². The molecule has 124 valence electrons. The molecule has 1 fully saturated rings. The molecule has 1 aromatic rings. The van der Waals surface area contributed by atoms with E-state index in [2.05, 4.69) is 5.10 Å². The molecule has 2 unspecified atom stereocenters. The van der Waals surface area contributed by atoms with Crippen molar-refractivity contribution in [2.24, 2.45) is 11.0 Å². The number of likely N-dealkylation sites (N-methyl/N-ethyl adjacent to an activating group) is 1. The van der Waals surface area contributed by atoms with E-state index in [0.29, 0.717) is 19.0 Å². The van der Waals surface area contributed by atoms with Crippen LogP contribution in [0, 0.1) is 5.92 Å². The summed E-state index contributed by atoms with van der Waals surface area (Å²) in [6.45, 7) is 1.79. The Hall–Kier alpha value is -1.72. The van der Waals surface area contributed by atoms with Gasteiger partial charge in [-0.25, -0.2) is 5.01 Å². The maximum atomic E-state index is 12.4. The molecule has 2 aliphatic rings. The lowest BCUT2D eigenvalue weighted by Crippen LogP contribution is -2.38. The standard InChI is InChI=1S/C18H25N3O2/c1-20(12-15-8-5-9-17(15)22)13-18(23)21-11-10-16(19-21)14-6-3-2-4-7-14/h2-4,6-7,15,17,22H,5,8-13H2,1H3. The van der Waals surface area contributed by atoms with Crippen LogP contribution in [0.2, 0.25) is 0 Å². The minimum atomic E-state index is -0.206. The number of carbonyl (C=O) groups excluding carboxylic acids is 1. The third-order valence-electron chi connectivity index (χ3n) is 4.77. The number of aliphatic hydroxyl groups excluding tert-OH is 1. The van der Waals surface area contributed by atoms with Crippen LogP contribution < -0.4 is 0 Å². The Morgan fingerprint density at radius 2 is 2.13 bits per heavy atom. The first-order valence-electron chi connectivity index (χ1n) is 8.43. The van der Waals surface area contributed by atoms with Gasteiger partial charge in [0, 0.05) is 13.0 Å². The Balaban J connectivity index is 1.53. The zero-order valence-electron chi connectivity index (χ0n) is 13.7. The Labute approximate surface area is 137 Å². The molecule has 3 rings (SSSR count). The quantitative estimate of drug-likeness (QED) is 0.900. The van der Waals surface area contributed by atoms with E-state index in [0.717, 1.165) is 43.5 Å². The number of rotatable bonds is 5. The van der Waals surface area contributed by atoms with Gasteiger partial charge in [0.25, 0.3) is 5.91 Å². The summed E-state index contributed by atoms with van der Waals surface area (Å²) < 4.78 is 0. The van der Waals surface area contributed by atoms with Crippen LogP contribution in [0.5, 0.6) is 0 Å². The van der Waals surface area contributed by atoms with E-state index >= 15 is 0 Å². The van der Waals surface area contributed by atoms with Crippen molar-refractivity contribution in [3.8, 4) is 0 Å². The molecule has 5 heteroatoms. The molecular formula is C18H25N3O2. The lowest BCUT2D eigenvalue weighted by atomic mass is 10.1. The van der Waals surface area contributed by atoms with Crippen molar-refractivity contribution in [3.63, 3.8) is 0 Å². The zero-order valence-corrected chi connectivity index (χ0v) is 13.7. The number of hydrogen-bond donors (Lipinski definition) is 1. The minimum Gasteiger partial charge on any atom is -0.393 e. The maximum Gasteiger partial charge on any atom is 0.256 e. The second-order valence-electron chi connectivity index (χ2n) is 6.63. The summed E-state index contributed by atoms with van der Waals surface area (Å²) in [4.78, 5) is 14.4. The maximum absolute atomic E-state index is 12.4. The highest BCUT2D eigenvalue weighted by molar-refractivity contribution is 6.02. The van der Waals surface area contributed by atoms with Crippen LogP contribution in [-0.4, -0.2) is 59.4 Å². The van der Waals surface area contributed by atoms with Gasteiger partial charge in [-0.3, -0.25) is 9.69 Å². The van der Waals surface area contributed by atoms with Gasteiger partial charge in [0.05, 0.1) is 24.9 Å². The molecule has 2 atom stereocenters. The van der Waals surface area contributed by atoms with Gasteiger partial charge in [-0.2, -0.15) is 5.10 Å². The summed E-state index contributed by atoms with van der Waals surface area (Å²) in [6.07, 6.45) is 3.64. The van der Waals surface area contributed by atoms with Crippen LogP contribution in [0.1, 0.15) is 31.2 Å². The fraction of sp³-hybridized carbons (Fsp3) is 0.556. The van der Waals surface area contributed by atoms with Crippen LogP contribution in [0.25, 0.3) is 0 Å². The van der Waals surface area contributed by atoms with Crippen molar-refractivity contribution < 1.29 is 9.90 Å². The van der Waals surface area contributed by atoms with Gasteiger partial charge < -0.3 is 5.11 Å². The smallest absolute Gasteiger partial charge is 0.256 e. The van der Waals surface area contributed by atoms with Gasteiger partial charge in [0.15, 0.2) is 0 Å². The van der Waals surface area contributed by atoms with Crippen molar-refractivity contribution in [2.45, 2.75) is 31.8 Å². The van der Waals surface area contributed by atoms with Crippen LogP contribution in [0.4, 0.5) is 0 Å². The first-order chi connectivity index (χ1) is 11.1. The summed E-state index contributed by atoms with van der Waals surface area (Å²) in [5.41, 5.74) is 2.07. The fourth-order valence-electron chi connectivity index (χ4n) is 3.48. The summed E-state index contributed by atoms with van der Waals surface area (Å²) in [5, 5.41) is 16.0. The first kappa shape index (κ1) is 16.1. The molecule has 1 amide bonds. The SMILES string of the molecule is CN(CC(=O)N1CCC(c2ccccc2)=N1)CC1CCCC1O. The van der Waals surface area contributed by atoms with Crippen molar-refractivity contribution in [1.29, 1.82) is 0 Å². The third kappa shape index (κ3) is 3.98. The number of hydrogen-bond acceptors (Lipinski definition) is 4. The Kier molecular flexibility index (Phi) is 5.08. The molecule has 0 radical (unpaired) electrons. The number of aliphatic hydroxyl groups is 1. The predicted octanol–water partition coefficient (Wildman–Crippen LogP) is 1.72. The molecule has 0 saturated heterocycles. The highest BCUT2D eigenvalue weighted by Crippen LogP contribution is 2.26. The van der Waals surface area contributed by atoms with Gasteiger partial charge in [-0.05, 0) is 31.4 Å². The molecule has 0 spiro atoms. The van der Waals surface area contributed by atoms with Crippen LogP contribution in [-0.2, 0) is 4.79 Å². The van der Waals surface area contributed by atoms with E-state index in [1.807, 2.05) is 42.3 Å². The number of benzene rings is 1. The van der Waals surface area contributed by atoms with Crippen LogP contribution in [0.3, 0.4) is 0 Å². The number of hydrazone groups is 1. The third-order valence-corrected chi connectivity index (χ3v) is 4.77. The van der Waals surface area contributed by atoms with Crippen LogP contribution >= 0.6 is 0 Å². The number of amides is 1. The zero-order chi connectivity index (χ0) is 16.2. The molecule has 1 saturated carbocycles. The van der Waals surface area contributed by atoms with Gasteiger partial charge in [0.2, 0.25) is 0 Å². The lowest BCUT2D eigenvalue weighted by Gasteiger charge is -2.23. The molecule has 23 heavy (non-hydrogen) atoms. The predicted molar refractivity (Wildman–Crippen MR) is 90.2 cm³/mol. The van der Waals surface area contributed by atoms with E-state index < -0.39 is 0 Å². The largest absolute Gasteiger partial charge is 0.393 e. The lowest BCUT2D eigenvalue weighted by molar-refractivity contribution is -0.131. The molecule has 5 nitrogen and oxygen atoms in total. The summed E-state index contributed by atoms with van der Waals surface area (Å²) >= 11 is 0. The normalized spacial score (nSPS) is 24.3. The molecular weight excluding hydrogens is 290 g/mol. The van der Waals surface area contributed by atoms with Crippen molar-refractivity contribution in [3.05, 3.63) is 35.9 Å². The highest BCUT2D eigenvalue weighted by Gasteiger charge is 2.28. The Bertz CT molecular complexity index is 573. The number of carbonyl (C=O) groups is 1. The molecule has 1 aliphatic carbocycles. The second-order valence-corrected chi connectivity index (χ2v) is 6.63. The minimum absolute atomic E-state index is 0.0333. The number of nitrogens with zero attached hydrogens (tertiary/aromatic N) is 3. The van der Waals surface area contributed by atoms with Crippen LogP contribution in [0.15, 0.2) is 35.4 Å². The highest BCUT2D eigenvalue weighted by atomic mass is 16.3. The molecule has 1 N–H and O–H groups in total. The summed E-state index contributed by atoms with van der Waals surface area (Å²) in [7, 11) is 1.95. The monoisotopic (exact) mass is 315 g/mol.